The monoisotopic (exact) mass is 432 g/mol. The molecular formula is C25H25FN4S. The topological polar surface area (TPSA) is 53.6 Å². The second-order valence-electron chi connectivity index (χ2n) is 7.48. The molecule has 1 unspecified atom stereocenters. The summed E-state index contributed by atoms with van der Waals surface area (Å²) in [5, 5.41) is 4.32. The molecule has 1 atom stereocenters. The van der Waals surface area contributed by atoms with Crippen LogP contribution < -0.4 is 5.32 Å². The summed E-state index contributed by atoms with van der Waals surface area (Å²) in [5.74, 6) is 0.562. The van der Waals surface area contributed by atoms with E-state index in [4.69, 9.17) is 4.98 Å². The van der Waals surface area contributed by atoms with Crippen molar-refractivity contribution in [2.45, 2.75) is 31.0 Å². The van der Waals surface area contributed by atoms with Gasteiger partial charge in [0.15, 0.2) is 5.16 Å². The number of hydrogen-bond donors (Lipinski definition) is 2. The summed E-state index contributed by atoms with van der Waals surface area (Å²) in [7, 11) is 0. The Bertz CT molecular complexity index is 1130. The minimum absolute atomic E-state index is 0.255. The van der Waals surface area contributed by atoms with Gasteiger partial charge in [0.25, 0.3) is 0 Å². The van der Waals surface area contributed by atoms with Gasteiger partial charge >= 0.3 is 0 Å². The van der Waals surface area contributed by atoms with Gasteiger partial charge in [0, 0.05) is 23.4 Å². The summed E-state index contributed by atoms with van der Waals surface area (Å²) in [6, 6.07) is 21.2. The van der Waals surface area contributed by atoms with Gasteiger partial charge in [-0.15, -0.1) is 0 Å². The summed E-state index contributed by atoms with van der Waals surface area (Å²) in [5.41, 5.74) is 4.90. The third kappa shape index (κ3) is 5.33. The number of aromatic amines is 1. The van der Waals surface area contributed by atoms with E-state index in [0.717, 1.165) is 46.3 Å². The molecule has 4 rings (SSSR count). The van der Waals surface area contributed by atoms with Crippen molar-refractivity contribution in [2.75, 3.05) is 11.6 Å². The van der Waals surface area contributed by atoms with Crippen molar-refractivity contribution in [2.24, 2.45) is 0 Å². The van der Waals surface area contributed by atoms with E-state index in [0.29, 0.717) is 0 Å². The van der Waals surface area contributed by atoms with Crippen LogP contribution in [0.3, 0.4) is 0 Å². The standard InChI is InChI=1S/C25H25FN4S/c1-17(8-9-18-6-4-3-5-7-18)28-22-16-20(14-15-27-22)24-23(29-25(30-24)31-2)19-10-12-21(26)13-11-19/h3-7,10-17H,8-9H2,1-2H3,(H,27,28)(H,29,30). The fraction of sp³-hybridized carbons (Fsp3) is 0.200. The van der Waals surface area contributed by atoms with Crippen LogP contribution in [0.4, 0.5) is 10.2 Å². The number of imidazole rings is 1. The molecule has 0 aliphatic rings. The first-order chi connectivity index (χ1) is 15.1. The van der Waals surface area contributed by atoms with E-state index >= 15 is 0 Å². The molecule has 2 aromatic heterocycles. The highest BCUT2D eigenvalue weighted by Gasteiger charge is 2.15. The van der Waals surface area contributed by atoms with Crippen LogP contribution in [0.2, 0.25) is 0 Å². The van der Waals surface area contributed by atoms with Gasteiger partial charge in [0.05, 0.1) is 11.4 Å². The fourth-order valence-electron chi connectivity index (χ4n) is 3.49. The van der Waals surface area contributed by atoms with Gasteiger partial charge in [-0.05, 0) is 68.0 Å². The summed E-state index contributed by atoms with van der Waals surface area (Å²) in [4.78, 5) is 12.6. The summed E-state index contributed by atoms with van der Waals surface area (Å²) in [6.45, 7) is 2.17. The number of halogens is 1. The molecule has 0 aliphatic carbocycles. The lowest BCUT2D eigenvalue weighted by Gasteiger charge is -2.15. The lowest BCUT2D eigenvalue weighted by atomic mass is 10.0. The van der Waals surface area contributed by atoms with E-state index in [1.54, 1.807) is 30.1 Å². The first-order valence-corrected chi connectivity index (χ1v) is 11.5. The highest BCUT2D eigenvalue weighted by Crippen LogP contribution is 2.33. The molecule has 2 aromatic carbocycles. The van der Waals surface area contributed by atoms with E-state index in [2.05, 4.69) is 46.5 Å². The molecule has 4 aromatic rings. The van der Waals surface area contributed by atoms with Gasteiger partial charge in [-0.2, -0.15) is 0 Å². The van der Waals surface area contributed by atoms with E-state index < -0.39 is 0 Å². The molecule has 4 nitrogen and oxygen atoms in total. The number of hydrogen-bond acceptors (Lipinski definition) is 4. The first kappa shape index (κ1) is 21.1. The Labute approximate surface area is 186 Å². The number of aromatic nitrogens is 3. The van der Waals surface area contributed by atoms with Gasteiger partial charge < -0.3 is 10.3 Å². The Morgan fingerprint density at radius 3 is 2.55 bits per heavy atom. The molecule has 0 saturated carbocycles. The van der Waals surface area contributed by atoms with Gasteiger partial charge in [-0.25, -0.2) is 14.4 Å². The molecule has 0 spiro atoms. The molecule has 0 fully saturated rings. The highest BCUT2D eigenvalue weighted by atomic mass is 32.2. The zero-order valence-corrected chi connectivity index (χ0v) is 18.4. The largest absolute Gasteiger partial charge is 0.368 e. The minimum atomic E-state index is -0.255. The normalized spacial score (nSPS) is 12.0. The Kier molecular flexibility index (Phi) is 6.67. The molecule has 0 saturated heterocycles. The third-order valence-electron chi connectivity index (χ3n) is 5.14. The van der Waals surface area contributed by atoms with Crippen molar-refractivity contribution in [3.8, 4) is 22.5 Å². The lowest BCUT2D eigenvalue weighted by Crippen LogP contribution is -2.16. The van der Waals surface area contributed by atoms with Crippen molar-refractivity contribution < 1.29 is 4.39 Å². The second-order valence-corrected chi connectivity index (χ2v) is 8.27. The molecule has 6 heteroatoms. The Balaban J connectivity index is 1.54. The highest BCUT2D eigenvalue weighted by molar-refractivity contribution is 7.98. The first-order valence-electron chi connectivity index (χ1n) is 10.3. The SMILES string of the molecule is CSc1nc(-c2ccnc(NC(C)CCc3ccccc3)c2)c(-c2ccc(F)cc2)[nH]1. The Morgan fingerprint density at radius 1 is 1.03 bits per heavy atom. The minimum Gasteiger partial charge on any atom is -0.368 e. The number of thioether (sulfide) groups is 1. The third-order valence-corrected chi connectivity index (χ3v) is 5.72. The number of aryl methyl sites for hydroxylation is 1. The Morgan fingerprint density at radius 2 is 1.81 bits per heavy atom. The maximum atomic E-state index is 13.4. The van der Waals surface area contributed by atoms with Crippen molar-refractivity contribution in [1.82, 2.24) is 15.0 Å². The maximum Gasteiger partial charge on any atom is 0.166 e. The molecule has 0 aliphatic heterocycles. The zero-order valence-electron chi connectivity index (χ0n) is 17.6. The van der Waals surface area contributed by atoms with Gasteiger partial charge in [0.1, 0.15) is 11.6 Å². The maximum absolute atomic E-state index is 13.4. The van der Waals surface area contributed by atoms with Crippen LogP contribution in [0.15, 0.2) is 78.1 Å². The Hall–Kier alpha value is -3.12. The van der Waals surface area contributed by atoms with Crippen LogP contribution in [0.5, 0.6) is 0 Å². The molecule has 0 amide bonds. The number of H-pyrrole nitrogens is 1. The predicted molar refractivity (Wildman–Crippen MR) is 127 cm³/mol. The van der Waals surface area contributed by atoms with Crippen LogP contribution in [0.25, 0.3) is 22.5 Å². The summed E-state index contributed by atoms with van der Waals surface area (Å²) < 4.78 is 13.4. The van der Waals surface area contributed by atoms with Crippen LogP contribution in [0.1, 0.15) is 18.9 Å². The predicted octanol–water partition coefficient (Wildman–Crippen LogP) is 6.43. The molecule has 31 heavy (non-hydrogen) atoms. The van der Waals surface area contributed by atoms with Crippen LogP contribution in [-0.2, 0) is 6.42 Å². The second kappa shape index (κ2) is 9.79. The lowest BCUT2D eigenvalue weighted by molar-refractivity contribution is 0.628. The van der Waals surface area contributed by atoms with Crippen molar-refractivity contribution in [1.29, 1.82) is 0 Å². The number of rotatable bonds is 8. The van der Waals surface area contributed by atoms with Crippen LogP contribution in [-0.4, -0.2) is 27.2 Å². The average Bonchev–Trinajstić information content (AvgIpc) is 3.24. The molecular weight excluding hydrogens is 407 g/mol. The van der Waals surface area contributed by atoms with E-state index in [1.165, 1.54) is 17.7 Å². The van der Waals surface area contributed by atoms with Crippen LogP contribution >= 0.6 is 11.8 Å². The number of nitrogens with zero attached hydrogens (tertiary/aromatic N) is 2. The molecule has 0 radical (unpaired) electrons. The fourth-order valence-corrected chi connectivity index (χ4v) is 3.88. The van der Waals surface area contributed by atoms with Gasteiger partial charge in [-0.1, -0.05) is 42.1 Å². The summed E-state index contributed by atoms with van der Waals surface area (Å²) in [6.07, 6.45) is 5.80. The van der Waals surface area contributed by atoms with E-state index in [-0.39, 0.29) is 11.9 Å². The summed E-state index contributed by atoms with van der Waals surface area (Å²) >= 11 is 1.54. The number of nitrogens with one attached hydrogen (secondary N) is 2. The van der Waals surface area contributed by atoms with Gasteiger partial charge in [0.2, 0.25) is 0 Å². The molecule has 2 heterocycles. The van der Waals surface area contributed by atoms with Crippen LogP contribution in [0, 0.1) is 5.82 Å². The molecule has 2 N–H and O–H groups in total. The zero-order chi connectivity index (χ0) is 21.6. The van der Waals surface area contributed by atoms with E-state index in [9.17, 15) is 4.39 Å². The van der Waals surface area contributed by atoms with Crippen molar-refractivity contribution >= 4 is 17.6 Å². The number of anilines is 1. The van der Waals surface area contributed by atoms with Crippen molar-refractivity contribution in [3.63, 3.8) is 0 Å². The molecule has 158 valence electrons. The smallest absolute Gasteiger partial charge is 0.166 e. The quantitative estimate of drug-likeness (QED) is 0.315. The number of pyridine rings is 1. The van der Waals surface area contributed by atoms with Crippen molar-refractivity contribution in [3.05, 3.63) is 84.3 Å². The van der Waals surface area contributed by atoms with E-state index in [1.807, 2.05) is 24.5 Å². The van der Waals surface area contributed by atoms with Gasteiger partial charge in [-0.3, -0.25) is 0 Å². The number of benzene rings is 2. The molecule has 0 bridgehead atoms. The average molecular weight is 433 g/mol.